The first kappa shape index (κ1) is 15.4. The van der Waals surface area contributed by atoms with Gasteiger partial charge < -0.3 is 19.9 Å². The molecule has 0 spiro atoms. The molecule has 0 radical (unpaired) electrons. The molecule has 0 bridgehead atoms. The number of benzene rings is 2. The lowest BCUT2D eigenvalue weighted by molar-refractivity contribution is 0.341. The van der Waals surface area contributed by atoms with Crippen molar-refractivity contribution in [1.82, 2.24) is 0 Å². The summed E-state index contributed by atoms with van der Waals surface area (Å²) in [5.41, 5.74) is 7.50. The highest BCUT2D eigenvalue weighted by molar-refractivity contribution is 6.81. The van der Waals surface area contributed by atoms with E-state index in [2.05, 4.69) is 0 Å². The fourth-order valence-corrected chi connectivity index (χ4v) is 2.30. The molecule has 0 aliphatic rings. The first-order chi connectivity index (χ1) is 10.3. The minimum absolute atomic E-state index is 0.277. The maximum atomic E-state index is 5.96. The Bertz CT molecular complexity index is 529. The molecule has 110 valence electrons. The van der Waals surface area contributed by atoms with Gasteiger partial charge in [-0.2, -0.15) is 0 Å². The molecule has 0 amide bonds. The van der Waals surface area contributed by atoms with Crippen LogP contribution in [0, 0.1) is 0 Å². The molecule has 5 heteroatoms. The summed E-state index contributed by atoms with van der Waals surface area (Å²) in [6.07, 6.45) is 0. The first-order valence-electron chi connectivity index (χ1n) is 6.89. The van der Waals surface area contributed by atoms with Crippen LogP contribution in [0.4, 0.5) is 0 Å². The van der Waals surface area contributed by atoms with Gasteiger partial charge in [0.05, 0.1) is 14.2 Å². The lowest BCUT2D eigenvalue weighted by Crippen LogP contribution is -2.47. The lowest BCUT2D eigenvalue weighted by atomic mass is 9.54. The van der Waals surface area contributed by atoms with Crippen molar-refractivity contribution < 1.29 is 14.1 Å². The van der Waals surface area contributed by atoms with Gasteiger partial charge >= 0.3 is 6.92 Å². The van der Waals surface area contributed by atoms with E-state index < -0.39 is 0 Å². The Kier molecular flexibility index (Phi) is 5.66. The zero-order valence-electron chi connectivity index (χ0n) is 12.4. The second-order valence-electron chi connectivity index (χ2n) is 4.52. The van der Waals surface area contributed by atoms with Gasteiger partial charge in [-0.25, -0.2) is 0 Å². The highest BCUT2D eigenvalue weighted by Crippen LogP contribution is 2.12. The monoisotopic (exact) mass is 285 g/mol. The second kappa shape index (κ2) is 7.71. The van der Waals surface area contributed by atoms with Gasteiger partial charge in [0.2, 0.25) is 0 Å². The number of hydrogen-bond donors (Lipinski definition) is 1. The van der Waals surface area contributed by atoms with Crippen LogP contribution in [0.15, 0.2) is 48.5 Å². The molecular formula is C16H20BNO3. The zero-order valence-corrected chi connectivity index (χ0v) is 12.4. The zero-order chi connectivity index (χ0) is 15.1. The molecule has 4 nitrogen and oxygen atoms in total. The van der Waals surface area contributed by atoms with E-state index in [4.69, 9.17) is 19.9 Å². The van der Waals surface area contributed by atoms with Gasteiger partial charge in [-0.3, -0.25) is 0 Å². The Balaban J connectivity index is 2.47. The molecule has 0 aliphatic carbocycles. The molecule has 0 saturated heterocycles. The van der Waals surface area contributed by atoms with Crippen LogP contribution in [0.3, 0.4) is 0 Å². The number of ether oxygens (including phenoxy) is 2. The highest BCUT2D eigenvalue weighted by Gasteiger charge is 2.27. The standard InChI is InChI=1S/C16H20BNO3/c1-19-15-9-5-3-7-13(15)17(21-12-11-18)14-8-4-6-10-16(14)20-2/h3-10H,11-12,18H2,1-2H3. The normalized spacial score (nSPS) is 10.2. The Morgan fingerprint density at radius 3 is 1.76 bits per heavy atom. The van der Waals surface area contributed by atoms with E-state index in [0.29, 0.717) is 13.2 Å². The van der Waals surface area contributed by atoms with Gasteiger partial charge in [0.15, 0.2) is 0 Å². The Hall–Kier alpha value is -1.98. The molecule has 2 N–H and O–H groups in total. The van der Waals surface area contributed by atoms with E-state index >= 15 is 0 Å². The predicted octanol–water partition coefficient (Wildman–Crippen LogP) is 0.785. The number of nitrogens with two attached hydrogens (primary N) is 1. The van der Waals surface area contributed by atoms with E-state index in [0.717, 1.165) is 22.4 Å². The van der Waals surface area contributed by atoms with Crippen LogP contribution in [-0.4, -0.2) is 34.3 Å². The van der Waals surface area contributed by atoms with E-state index in [-0.39, 0.29) is 6.92 Å². The SMILES string of the molecule is COc1ccccc1B(OCCN)c1ccccc1OC. The van der Waals surface area contributed by atoms with Crippen LogP contribution in [0.1, 0.15) is 0 Å². The van der Waals surface area contributed by atoms with Crippen LogP contribution in [0.2, 0.25) is 0 Å². The third kappa shape index (κ3) is 3.57. The van der Waals surface area contributed by atoms with Crippen LogP contribution < -0.4 is 26.1 Å². The summed E-state index contributed by atoms with van der Waals surface area (Å²) in [7, 11) is 3.31. The second-order valence-corrected chi connectivity index (χ2v) is 4.52. The summed E-state index contributed by atoms with van der Waals surface area (Å²) >= 11 is 0. The van der Waals surface area contributed by atoms with E-state index in [1.807, 2.05) is 48.5 Å². The predicted molar refractivity (Wildman–Crippen MR) is 86.0 cm³/mol. The van der Waals surface area contributed by atoms with Crippen LogP contribution in [0.5, 0.6) is 11.5 Å². The molecule has 2 aromatic rings. The summed E-state index contributed by atoms with van der Waals surface area (Å²) in [6.45, 7) is 0.641. The number of methoxy groups -OCH3 is 2. The van der Waals surface area contributed by atoms with Gasteiger partial charge in [-0.15, -0.1) is 0 Å². The molecule has 0 heterocycles. The number of hydrogen-bond acceptors (Lipinski definition) is 4. The molecule has 0 aromatic heterocycles. The van der Waals surface area contributed by atoms with Gasteiger partial charge in [0, 0.05) is 13.2 Å². The topological polar surface area (TPSA) is 53.7 Å². The largest absolute Gasteiger partial charge is 0.497 e. The van der Waals surface area contributed by atoms with Crippen molar-refractivity contribution in [2.75, 3.05) is 27.4 Å². The molecule has 0 unspecified atom stereocenters. The summed E-state index contributed by atoms with van der Waals surface area (Å²) < 4.78 is 16.9. The minimum Gasteiger partial charge on any atom is -0.497 e. The van der Waals surface area contributed by atoms with Crippen LogP contribution >= 0.6 is 0 Å². The van der Waals surface area contributed by atoms with Gasteiger partial charge in [-0.05, 0) is 23.1 Å². The van der Waals surface area contributed by atoms with E-state index in [1.165, 1.54) is 0 Å². The summed E-state index contributed by atoms with van der Waals surface area (Å²) in [5.74, 6) is 1.57. The van der Waals surface area contributed by atoms with Crippen molar-refractivity contribution in [2.24, 2.45) is 5.73 Å². The van der Waals surface area contributed by atoms with Crippen molar-refractivity contribution >= 4 is 17.8 Å². The maximum Gasteiger partial charge on any atom is 0.369 e. The molecule has 0 atom stereocenters. The fourth-order valence-electron chi connectivity index (χ4n) is 2.30. The molecular weight excluding hydrogens is 265 g/mol. The first-order valence-corrected chi connectivity index (χ1v) is 6.89. The molecule has 0 fully saturated rings. The van der Waals surface area contributed by atoms with Crippen LogP contribution in [0.25, 0.3) is 0 Å². The molecule has 0 aliphatic heterocycles. The smallest absolute Gasteiger partial charge is 0.369 e. The van der Waals surface area contributed by atoms with Gasteiger partial charge in [-0.1, -0.05) is 36.4 Å². The molecule has 21 heavy (non-hydrogen) atoms. The quantitative estimate of drug-likeness (QED) is 0.764. The van der Waals surface area contributed by atoms with Crippen molar-refractivity contribution in [3.8, 4) is 11.5 Å². The average Bonchev–Trinajstić information content (AvgIpc) is 2.56. The molecule has 2 rings (SSSR count). The summed E-state index contributed by atoms with van der Waals surface area (Å²) in [4.78, 5) is 0. The van der Waals surface area contributed by atoms with Crippen LogP contribution in [-0.2, 0) is 4.65 Å². The van der Waals surface area contributed by atoms with Gasteiger partial charge in [0.25, 0.3) is 0 Å². The van der Waals surface area contributed by atoms with E-state index in [1.54, 1.807) is 14.2 Å². The molecule has 2 aromatic carbocycles. The fraction of sp³-hybridized carbons (Fsp3) is 0.250. The van der Waals surface area contributed by atoms with Gasteiger partial charge in [0.1, 0.15) is 11.5 Å². The van der Waals surface area contributed by atoms with Crippen molar-refractivity contribution in [1.29, 1.82) is 0 Å². The third-order valence-corrected chi connectivity index (χ3v) is 3.25. The lowest BCUT2D eigenvalue weighted by Gasteiger charge is -2.19. The Labute approximate surface area is 125 Å². The van der Waals surface area contributed by atoms with Crippen molar-refractivity contribution in [3.05, 3.63) is 48.5 Å². The summed E-state index contributed by atoms with van der Waals surface area (Å²) in [6, 6.07) is 15.6. The van der Waals surface area contributed by atoms with Crippen molar-refractivity contribution in [3.63, 3.8) is 0 Å². The summed E-state index contributed by atoms with van der Waals surface area (Å²) in [5, 5.41) is 0. The maximum absolute atomic E-state index is 5.96. The number of para-hydroxylation sites is 2. The highest BCUT2D eigenvalue weighted by atomic mass is 16.5. The Morgan fingerprint density at radius 2 is 1.33 bits per heavy atom. The van der Waals surface area contributed by atoms with Crippen molar-refractivity contribution in [2.45, 2.75) is 0 Å². The van der Waals surface area contributed by atoms with E-state index in [9.17, 15) is 0 Å². The third-order valence-electron chi connectivity index (χ3n) is 3.25. The Morgan fingerprint density at radius 1 is 0.857 bits per heavy atom. The minimum atomic E-state index is -0.277. The average molecular weight is 285 g/mol. The number of rotatable bonds is 7. The molecule has 0 saturated carbocycles.